The predicted molar refractivity (Wildman–Crippen MR) is 356 cm³/mol. The highest BCUT2D eigenvalue weighted by atomic mass is 79.9. The number of aliphatic hydroxyl groups excluding tert-OH is 2. The minimum Gasteiger partial charge on any atom is -0.465 e. The Morgan fingerprint density at radius 1 is 0.646 bits per heavy atom. The summed E-state index contributed by atoms with van der Waals surface area (Å²) in [4.78, 5) is 36.4. The molecule has 3 unspecified atom stereocenters. The Hall–Kier alpha value is -6.85. The van der Waals surface area contributed by atoms with Crippen LogP contribution in [0.1, 0.15) is 174 Å². The summed E-state index contributed by atoms with van der Waals surface area (Å²) in [6.07, 6.45) is 2.12. The topological polar surface area (TPSA) is 227 Å². The van der Waals surface area contributed by atoms with Gasteiger partial charge >= 0.3 is 18.3 Å². The van der Waals surface area contributed by atoms with Crippen LogP contribution < -0.4 is 5.73 Å². The third-order valence-electron chi connectivity index (χ3n) is 14.8. The average molecular weight is 1520 g/mol. The molecule has 9 rings (SSSR count). The van der Waals surface area contributed by atoms with Crippen LogP contribution in [0.4, 0.5) is 45.2 Å². The lowest BCUT2D eigenvalue weighted by atomic mass is 9.96. The number of benzene rings is 3. The van der Waals surface area contributed by atoms with Crippen LogP contribution in [-0.2, 0) is 44.3 Å². The number of nitrogens with one attached hydrogen (secondary N) is 1. The summed E-state index contributed by atoms with van der Waals surface area (Å²) in [5.41, 5.74) is 10.9. The zero-order valence-corrected chi connectivity index (χ0v) is 58.8. The Bertz CT molecular complexity index is 3760. The number of nitrogens with zero attached hydrogens (tertiary/aromatic N) is 9. The first-order chi connectivity index (χ1) is 45.2. The third-order valence-corrected chi connectivity index (χ3v) is 17.5. The molecular formula is C66H78Br2Cl2F9N11O6. The number of cyclic esters (lactones) is 1. The molecule has 1 aliphatic heterocycles. The van der Waals surface area contributed by atoms with Crippen molar-refractivity contribution in [1.82, 2.24) is 49.3 Å². The molecule has 3 aromatic carbocycles. The summed E-state index contributed by atoms with van der Waals surface area (Å²) in [5.74, 6) is -0.871. The van der Waals surface area contributed by atoms with E-state index in [1.54, 1.807) is 69.0 Å². The van der Waals surface area contributed by atoms with Crippen LogP contribution in [-0.4, -0.2) is 107 Å². The molecule has 0 aliphatic carbocycles. The molecule has 0 amide bonds. The molecule has 96 heavy (non-hydrogen) atoms. The number of anilines is 1. The number of aromatic amines is 1. The Morgan fingerprint density at radius 2 is 1.07 bits per heavy atom. The molecule has 1 saturated heterocycles. The molecule has 30 heteroatoms. The first-order valence-electron chi connectivity index (χ1n) is 30.8. The molecule has 17 nitrogen and oxygen atoms in total. The molecule has 524 valence electrons. The lowest BCUT2D eigenvalue weighted by Gasteiger charge is -2.19. The lowest BCUT2D eigenvalue weighted by molar-refractivity contribution is -0.142. The number of ketones is 2. The maximum atomic E-state index is 13.5. The fraction of sp³-hybridized carbons (Fsp3) is 0.455. The smallest absolute Gasteiger partial charge is 0.436 e. The maximum absolute atomic E-state index is 13.5. The van der Waals surface area contributed by atoms with Gasteiger partial charge in [-0.3, -0.25) is 24.2 Å². The van der Waals surface area contributed by atoms with Crippen LogP contribution in [0, 0.1) is 31.3 Å². The van der Waals surface area contributed by atoms with Gasteiger partial charge in [0.05, 0.1) is 91.3 Å². The monoisotopic (exact) mass is 1520 g/mol. The molecule has 8 aromatic rings. The number of halogens is 13. The van der Waals surface area contributed by atoms with E-state index in [9.17, 15) is 53.9 Å². The second-order valence-corrected chi connectivity index (χ2v) is 26.2. The van der Waals surface area contributed by atoms with Gasteiger partial charge < -0.3 is 20.7 Å². The number of alkyl halides is 8. The minimum absolute atomic E-state index is 0.0455. The number of H-pyrrole nitrogens is 1. The van der Waals surface area contributed by atoms with Crippen molar-refractivity contribution in [2.24, 2.45) is 0 Å². The van der Waals surface area contributed by atoms with E-state index < -0.39 is 34.8 Å². The average Bonchev–Trinajstić information content (AvgIpc) is 1.65. The van der Waals surface area contributed by atoms with Crippen molar-refractivity contribution in [1.29, 1.82) is 0 Å². The van der Waals surface area contributed by atoms with E-state index in [1.165, 1.54) is 50.2 Å². The summed E-state index contributed by atoms with van der Waals surface area (Å²) < 4.78 is 126. The van der Waals surface area contributed by atoms with Crippen molar-refractivity contribution in [2.45, 2.75) is 172 Å². The lowest BCUT2D eigenvalue weighted by Crippen LogP contribution is -2.24. The summed E-state index contributed by atoms with van der Waals surface area (Å²) in [5, 5.41) is 38.9. The second kappa shape index (κ2) is 37.2. The molecule has 0 spiro atoms. The molecule has 0 radical (unpaired) electrons. The summed E-state index contributed by atoms with van der Waals surface area (Å²) >= 11 is 17.9. The van der Waals surface area contributed by atoms with E-state index in [1.807, 2.05) is 27.7 Å². The maximum Gasteiger partial charge on any atom is 0.436 e. The van der Waals surface area contributed by atoms with Gasteiger partial charge in [0.15, 0.2) is 23.0 Å². The number of Topliss-reactive ketones (excluding diaryl/α,β-unsaturated/α-hetero) is 2. The minimum atomic E-state index is -4.76. The van der Waals surface area contributed by atoms with Gasteiger partial charge in [0.25, 0.3) is 0 Å². The van der Waals surface area contributed by atoms with Crippen LogP contribution >= 0.6 is 55.1 Å². The van der Waals surface area contributed by atoms with Crippen LogP contribution in [0.15, 0.2) is 91.4 Å². The highest BCUT2D eigenvalue weighted by Gasteiger charge is 2.40. The standard InChI is InChI=1S/C24H27ClF4N4O2.C19H24BrFN2O2.C12H14FN3.C6H9BrO2.C5H4ClF3N2/c1-14(2)22-16(13-30-33(22)18-9-7-17(26)8-10-18)12-20(35)19(6-4-5-11-34)32-15(3)21(25)23(31-32)24(27,28)29;1-13(2)19-14(11-18(25)17(20)5-3-4-10-24)12-22-23(19)16-8-6-15(21)7-9-16;1-8(2)12-11(14)7-15-16(12)10-5-3-9(13)4-6-10;7-5-3-1-2-4-9-6(5)8;1-2-3(6)4(11-10-2)5(7,8)9/h7-10,13-14,19,34H,4-6,11-12H2,1-3H3;6-9,12-13,17,24H,3-5,10-11H2,1-2H3;3-8H,14H2,1-2H3;5H,1-4H2;1H3,(H,10,11). The van der Waals surface area contributed by atoms with Gasteiger partial charge in [0.1, 0.15) is 28.3 Å². The first kappa shape index (κ1) is 79.8. The number of aliphatic hydroxyl groups is 2. The van der Waals surface area contributed by atoms with Gasteiger partial charge in [0, 0.05) is 37.2 Å². The van der Waals surface area contributed by atoms with Gasteiger partial charge in [-0.1, -0.05) is 96.6 Å². The van der Waals surface area contributed by atoms with E-state index in [0.29, 0.717) is 55.6 Å². The molecule has 5 aromatic heterocycles. The van der Waals surface area contributed by atoms with E-state index in [-0.39, 0.29) is 105 Å². The van der Waals surface area contributed by atoms with E-state index in [4.69, 9.17) is 43.9 Å². The molecule has 3 atom stereocenters. The van der Waals surface area contributed by atoms with Gasteiger partial charge in [0.2, 0.25) is 0 Å². The fourth-order valence-electron chi connectivity index (χ4n) is 10.1. The Labute approximate surface area is 577 Å². The van der Waals surface area contributed by atoms with Crippen LogP contribution in [0.3, 0.4) is 0 Å². The van der Waals surface area contributed by atoms with Crippen LogP contribution in [0.2, 0.25) is 10.0 Å². The Morgan fingerprint density at radius 3 is 1.47 bits per heavy atom. The van der Waals surface area contributed by atoms with E-state index in [2.05, 4.69) is 76.3 Å². The van der Waals surface area contributed by atoms with E-state index in [0.717, 1.165) is 64.4 Å². The quantitative estimate of drug-likeness (QED) is 0.0228. The number of nitrogen functional groups attached to an aromatic ring is 1. The fourth-order valence-corrected chi connectivity index (χ4v) is 11.4. The number of hydrogen-bond acceptors (Lipinski definition) is 12. The molecule has 1 fully saturated rings. The highest BCUT2D eigenvalue weighted by Crippen LogP contribution is 2.38. The molecule has 5 N–H and O–H groups in total. The number of hydrogen-bond donors (Lipinski definition) is 4. The van der Waals surface area contributed by atoms with Crippen molar-refractivity contribution >= 4 is 78.3 Å². The number of nitrogens with two attached hydrogens (primary N) is 1. The zero-order valence-electron chi connectivity index (χ0n) is 54.1. The van der Waals surface area contributed by atoms with Crippen molar-refractivity contribution in [3.8, 4) is 17.1 Å². The number of ether oxygens (including phenoxy) is 1. The molecule has 6 heterocycles. The number of aryl methyl sites for hydroxylation is 1. The van der Waals surface area contributed by atoms with Gasteiger partial charge in [-0.25, -0.2) is 27.2 Å². The van der Waals surface area contributed by atoms with Gasteiger partial charge in [-0.05, 0) is 162 Å². The molecule has 0 bridgehead atoms. The van der Waals surface area contributed by atoms with Gasteiger partial charge in [-0.2, -0.15) is 51.8 Å². The van der Waals surface area contributed by atoms with Gasteiger partial charge in [-0.15, -0.1) is 0 Å². The van der Waals surface area contributed by atoms with Crippen molar-refractivity contribution in [2.75, 3.05) is 25.6 Å². The Balaban J connectivity index is 0.000000236. The normalized spacial score (nSPS) is 13.9. The zero-order chi connectivity index (χ0) is 71.4. The Kier molecular flexibility index (Phi) is 30.9. The highest BCUT2D eigenvalue weighted by molar-refractivity contribution is 9.10. The number of unbranched alkanes of at least 4 members (excludes halogenated alkanes) is 2. The predicted octanol–water partition coefficient (Wildman–Crippen LogP) is 16.6. The van der Waals surface area contributed by atoms with E-state index >= 15 is 0 Å². The molecule has 1 aliphatic rings. The summed E-state index contributed by atoms with van der Waals surface area (Å²) in [7, 11) is 0. The van der Waals surface area contributed by atoms with Crippen molar-refractivity contribution in [3.05, 3.63) is 170 Å². The SMILES string of the molecule is CC(C)c1c(CC(=O)C(Br)CCCCO)cnn1-c1ccc(F)cc1.CC(C)c1c(N)cnn1-c1ccc(F)cc1.Cc1[nH]nc(C(F)(F)F)c1Cl.Cc1c(Cl)c(C(F)(F)F)nn1C(CCCCO)C(=O)Cc1cnn(-c2ccc(F)cc2)c1C(C)C.O=C1OCCCCC1Br. The first-order valence-corrected chi connectivity index (χ1v) is 33.4. The largest absolute Gasteiger partial charge is 0.465 e. The second-order valence-electron chi connectivity index (χ2n) is 23.3. The number of carbonyl (C=O) groups is 3. The third kappa shape index (κ3) is 22.6. The van der Waals surface area contributed by atoms with Crippen molar-refractivity contribution < 1.29 is 68.8 Å². The number of esters is 1. The number of carbonyl (C=O) groups excluding carboxylic acids is 3. The van der Waals surface area contributed by atoms with Crippen molar-refractivity contribution in [3.63, 3.8) is 0 Å². The van der Waals surface area contributed by atoms with Crippen LogP contribution in [0.5, 0.6) is 0 Å². The summed E-state index contributed by atoms with van der Waals surface area (Å²) in [6.45, 7) is 15.5. The summed E-state index contributed by atoms with van der Waals surface area (Å²) in [6, 6.07) is 17.2. The molecule has 0 saturated carbocycles. The van der Waals surface area contributed by atoms with Crippen LogP contribution in [0.25, 0.3) is 17.1 Å². The number of rotatable bonds is 21. The number of aromatic nitrogens is 10. The molecular weight excluding hydrogens is 1440 g/mol.